The van der Waals surface area contributed by atoms with Crippen LogP contribution in [0.5, 0.6) is 0 Å². The molecule has 0 aliphatic carbocycles. The van der Waals surface area contributed by atoms with E-state index >= 15 is 0 Å². The number of aromatic amines is 1. The van der Waals surface area contributed by atoms with E-state index in [9.17, 15) is 24.3 Å². The number of fused-ring (bicyclic) bond motifs is 3. The van der Waals surface area contributed by atoms with Crippen LogP contribution in [0.15, 0.2) is 15.8 Å². The Kier molecular flexibility index (Phi) is 3.70. The van der Waals surface area contributed by atoms with Gasteiger partial charge in [-0.2, -0.15) is 4.98 Å². The number of hydrogen-bond donors (Lipinski definition) is 3. The van der Waals surface area contributed by atoms with Crippen LogP contribution >= 0.6 is 0 Å². The first-order valence-electron chi connectivity index (χ1n) is 7.42. The summed E-state index contributed by atoms with van der Waals surface area (Å²) < 4.78 is 4.01. The number of imidazole rings is 2. The number of aromatic nitrogens is 5. The lowest BCUT2D eigenvalue weighted by Crippen LogP contribution is -2.28. The molecule has 1 amide bonds. The third kappa shape index (κ3) is 2.49. The molecule has 0 saturated heterocycles. The largest absolute Gasteiger partial charge is 0.480 e. The van der Waals surface area contributed by atoms with Gasteiger partial charge in [0.15, 0.2) is 11.2 Å². The maximum Gasteiger partial charge on any atom is 0.329 e. The van der Waals surface area contributed by atoms with Crippen molar-refractivity contribution in [2.75, 3.05) is 0 Å². The number of primary amides is 1. The minimum Gasteiger partial charge on any atom is -0.480 e. The van der Waals surface area contributed by atoms with Crippen LogP contribution in [0, 0.1) is 6.92 Å². The second-order valence-corrected chi connectivity index (χ2v) is 5.77. The second kappa shape index (κ2) is 5.61. The van der Waals surface area contributed by atoms with Gasteiger partial charge in [-0.1, -0.05) is 0 Å². The van der Waals surface area contributed by atoms with Crippen LogP contribution in [0.2, 0.25) is 0 Å². The predicted octanol–water partition coefficient (Wildman–Crippen LogP) is -1.12. The molecule has 0 aromatic carbocycles. The van der Waals surface area contributed by atoms with Crippen LogP contribution in [-0.2, 0) is 16.6 Å². The predicted molar refractivity (Wildman–Crippen MR) is 86.4 cm³/mol. The summed E-state index contributed by atoms with van der Waals surface area (Å²) in [7, 11) is 1.45. The highest BCUT2D eigenvalue weighted by molar-refractivity contribution is 5.79. The number of aliphatic carboxylic acids is 1. The number of carboxylic acids is 1. The quantitative estimate of drug-likeness (QED) is 0.529. The average molecular weight is 348 g/mol. The summed E-state index contributed by atoms with van der Waals surface area (Å²) in [6.07, 6.45) is 1.43. The maximum absolute atomic E-state index is 12.1. The van der Waals surface area contributed by atoms with Crippen LogP contribution < -0.4 is 17.0 Å². The zero-order chi connectivity index (χ0) is 18.5. The number of nitrogens with one attached hydrogen (secondary N) is 1. The summed E-state index contributed by atoms with van der Waals surface area (Å²) in [4.78, 5) is 53.0. The SMILES string of the molecule is Cc1cn2c3c(=O)[nH]c(=O)n(C)c3nc2n1[C@@H](CCC(N)=O)C(=O)O. The molecular weight excluding hydrogens is 332 g/mol. The standard InChI is InChI=1S/C14H16N6O5/c1-6-5-19-9-10(18(2)14(25)17-11(9)22)16-13(19)20(6)7(12(23)24)3-4-8(15)21/h5,7H,3-4H2,1-2H3,(H2,15,21)(H,23,24)(H,17,22,25)/t7-/m0/s1. The lowest BCUT2D eigenvalue weighted by molar-refractivity contribution is -0.141. The molecule has 0 unspecified atom stereocenters. The number of amides is 1. The third-order valence-corrected chi connectivity index (χ3v) is 4.10. The second-order valence-electron chi connectivity index (χ2n) is 5.77. The summed E-state index contributed by atoms with van der Waals surface area (Å²) in [5.74, 6) is -1.58. The van der Waals surface area contributed by atoms with E-state index in [4.69, 9.17) is 5.73 Å². The van der Waals surface area contributed by atoms with Gasteiger partial charge >= 0.3 is 11.7 Å². The smallest absolute Gasteiger partial charge is 0.329 e. The summed E-state index contributed by atoms with van der Waals surface area (Å²) in [6, 6.07) is -1.09. The van der Waals surface area contributed by atoms with Crippen LogP contribution in [0.1, 0.15) is 24.6 Å². The zero-order valence-electron chi connectivity index (χ0n) is 13.5. The van der Waals surface area contributed by atoms with Crippen molar-refractivity contribution >= 4 is 28.8 Å². The van der Waals surface area contributed by atoms with E-state index in [2.05, 4.69) is 9.97 Å². The van der Waals surface area contributed by atoms with Crippen molar-refractivity contribution in [3.63, 3.8) is 0 Å². The lowest BCUT2D eigenvalue weighted by Gasteiger charge is -2.15. The minimum atomic E-state index is -1.16. The van der Waals surface area contributed by atoms with Crippen LogP contribution in [-0.4, -0.2) is 40.5 Å². The Bertz CT molecular complexity index is 1130. The minimum absolute atomic E-state index is 0.0195. The van der Waals surface area contributed by atoms with Gasteiger partial charge in [0.1, 0.15) is 6.04 Å². The first kappa shape index (κ1) is 16.5. The van der Waals surface area contributed by atoms with Crippen molar-refractivity contribution in [2.24, 2.45) is 12.8 Å². The molecule has 3 heterocycles. The number of carbonyl (C=O) groups is 2. The van der Waals surface area contributed by atoms with Crippen molar-refractivity contribution in [2.45, 2.75) is 25.8 Å². The topological polar surface area (TPSA) is 157 Å². The average Bonchev–Trinajstić information content (AvgIpc) is 3.01. The Morgan fingerprint density at radius 2 is 2.08 bits per heavy atom. The fraction of sp³-hybridized carbons (Fsp3) is 0.357. The highest BCUT2D eigenvalue weighted by Gasteiger charge is 2.26. The van der Waals surface area contributed by atoms with E-state index in [-0.39, 0.29) is 29.8 Å². The van der Waals surface area contributed by atoms with E-state index in [1.54, 1.807) is 13.1 Å². The molecule has 0 saturated carbocycles. The molecule has 0 bridgehead atoms. The number of carbonyl (C=O) groups excluding carboxylic acids is 1. The first-order valence-corrected chi connectivity index (χ1v) is 7.42. The number of hydrogen-bond acceptors (Lipinski definition) is 5. The van der Waals surface area contributed by atoms with E-state index in [0.29, 0.717) is 5.69 Å². The molecule has 11 heteroatoms. The van der Waals surface area contributed by atoms with Gasteiger partial charge in [0, 0.05) is 25.4 Å². The Morgan fingerprint density at radius 3 is 2.68 bits per heavy atom. The highest BCUT2D eigenvalue weighted by Crippen LogP contribution is 2.23. The molecule has 3 aromatic heterocycles. The molecule has 4 N–H and O–H groups in total. The van der Waals surface area contributed by atoms with Gasteiger partial charge < -0.3 is 10.8 Å². The van der Waals surface area contributed by atoms with E-state index in [0.717, 1.165) is 0 Å². The van der Waals surface area contributed by atoms with E-state index in [1.807, 2.05) is 0 Å². The lowest BCUT2D eigenvalue weighted by atomic mass is 10.1. The van der Waals surface area contributed by atoms with E-state index < -0.39 is 29.2 Å². The fourth-order valence-electron chi connectivity index (χ4n) is 2.92. The van der Waals surface area contributed by atoms with Crippen molar-refractivity contribution in [3.05, 3.63) is 32.7 Å². The van der Waals surface area contributed by atoms with Crippen LogP contribution in [0.4, 0.5) is 0 Å². The molecule has 1 atom stereocenters. The van der Waals surface area contributed by atoms with Crippen LogP contribution in [0.25, 0.3) is 16.9 Å². The molecule has 0 fully saturated rings. The Hall–Kier alpha value is -3.37. The Labute approximate surface area is 139 Å². The molecule has 11 nitrogen and oxygen atoms in total. The summed E-state index contributed by atoms with van der Waals surface area (Å²) in [5, 5.41) is 9.54. The van der Waals surface area contributed by atoms with Gasteiger partial charge in [-0.25, -0.2) is 9.59 Å². The number of carboxylic acid groups (broad SMARTS) is 1. The number of nitrogens with zero attached hydrogens (tertiary/aromatic N) is 4. The maximum atomic E-state index is 12.1. The molecule has 3 rings (SSSR count). The molecule has 0 aliphatic heterocycles. The van der Waals surface area contributed by atoms with Gasteiger partial charge in [-0.3, -0.25) is 28.1 Å². The third-order valence-electron chi connectivity index (χ3n) is 4.10. The van der Waals surface area contributed by atoms with Gasteiger partial charge in [0.25, 0.3) is 5.56 Å². The number of rotatable bonds is 5. The van der Waals surface area contributed by atoms with Gasteiger partial charge in [0.2, 0.25) is 11.7 Å². The fourth-order valence-corrected chi connectivity index (χ4v) is 2.92. The summed E-state index contributed by atoms with van der Waals surface area (Å²) in [5.41, 5.74) is 4.69. The number of H-pyrrole nitrogens is 1. The highest BCUT2D eigenvalue weighted by atomic mass is 16.4. The van der Waals surface area contributed by atoms with E-state index in [1.165, 1.54) is 20.6 Å². The van der Waals surface area contributed by atoms with Gasteiger partial charge in [-0.05, 0) is 13.3 Å². The molecule has 0 aliphatic rings. The molecule has 132 valence electrons. The van der Waals surface area contributed by atoms with Crippen molar-refractivity contribution in [1.29, 1.82) is 0 Å². The number of aryl methyl sites for hydroxylation is 2. The molecule has 0 spiro atoms. The van der Waals surface area contributed by atoms with Crippen LogP contribution in [0.3, 0.4) is 0 Å². The van der Waals surface area contributed by atoms with Gasteiger partial charge in [0.05, 0.1) is 0 Å². The summed E-state index contributed by atoms with van der Waals surface area (Å²) in [6.45, 7) is 1.66. The monoisotopic (exact) mass is 348 g/mol. The van der Waals surface area contributed by atoms with Crippen molar-refractivity contribution in [1.82, 2.24) is 23.5 Å². The first-order chi connectivity index (χ1) is 11.7. The molecule has 0 radical (unpaired) electrons. The zero-order valence-corrected chi connectivity index (χ0v) is 13.5. The number of nitrogens with two attached hydrogens (primary N) is 1. The molecule has 25 heavy (non-hydrogen) atoms. The summed E-state index contributed by atoms with van der Waals surface area (Å²) >= 11 is 0. The normalized spacial score (nSPS) is 12.7. The van der Waals surface area contributed by atoms with Crippen molar-refractivity contribution in [3.8, 4) is 0 Å². The Balaban J connectivity index is 2.32. The Morgan fingerprint density at radius 1 is 1.40 bits per heavy atom. The molecular formula is C14H16N6O5. The molecule has 3 aromatic rings. The van der Waals surface area contributed by atoms with Crippen molar-refractivity contribution < 1.29 is 14.7 Å². The van der Waals surface area contributed by atoms with Gasteiger partial charge in [-0.15, -0.1) is 0 Å².